The predicted octanol–water partition coefficient (Wildman–Crippen LogP) is 4.77. The van der Waals surface area contributed by atoms with Crippen LogP contribution in [0.15, 0.2) is 24.3 Å². The molecule has 0 aliphatic rings. The van der Waals surface area contributed by atoms with Crippen molar-refractivity contribution in [1.29, 1.82) is 0 Å². The van der Waals surface area contributed by atoms with E-state index in [2.05, 4.69) is 26.0 Å². The molecule has 1 N–H and O–H groups in total. The van der Waals surface area contributed by atoms with E-state index in [1.165, 1.54) is 16.9 Å². The first-order valence-corrected chi connectivity index (χ1v) is 7.76. The smallest absolute Gasteiger partial charge is 0.345 e. The molecule has 3 nitrogen and oxygen atoms in total. The number of carboxylic acids is 1. The molecule has 0 aliphatic carbocycles. The number of thiophene rings is 1. The van der Waals surface area contributed by atoms with Crippen LogP contribution >= 0.6 is 11.3 Å². The SMILES string of the molecule is Cc1ccc(C(C)C)c(OCc2cc(C(=O)O)sc2C)c1. The first-order valence-electron chi connectivity index (χ1n) is 6.94. The van der Waals surface area contributed by atoms with Crippen molar-refractivity contribution in [2.75, 3.05) is 0 Å². The van der Waals surface area contributed by atoms with E-state index in [0.29, 0.717) is 17.4 Å². The highest BCUT2D eigenvalue weighted by Gasteiger charge is 2.13. The zero-order valence-corrected chi connectivity index (χ0v) is 13.6. The van der Waals surface area contributed by atoms with Crippen LogP contribution in [0.2, 0.25) is 0 Å². The van der Waals surface area contributed by atoms with Crippen LogP contribution in [-0.4, -0.2) is 11.1 Å². The molecule has 0 radical (unpaired) electrons. The van der Waals surface area contributed by atoms with E-state index < -0.39 is 5.97 Å². The summed E-state index contributed by atoms with van der Waals surface area (Å²) in [5.41, 5.74) is 3.27. The summed E-state index contributed by atoms with van der Waals surface area (Å²) in [6.45, 7) is 8.63. The van der Waals surface area contributed by atoms with Crippen LogP contribution < -0.4 is 4.74 Å². The monoisotopic (exact) mass is 304 g/mol. The molecule has 0 saturated heterocycles. The van der Waals surface area contributed by atoms with E-state index >= 15 is 0 Å². The topological polar surface area (TPSA) is 46.5 Å². The van der Waals surface area contributed by atoms with Crippen molar-refractivity contribution in [3.05, 3.63) is 50.7 Å². The van der Waals surface area contributed by atoms with E-state index in [0.717, 1.165) is 21.8 Å². The lowest BCUT2D eigenvalue weighted by Gasteiger charge is -2.14. The number of carbonyl (C=O) groups is 1. The van der Waals surface area contributed by atoms with Crippen molar-refractivity contribution < 1.29 is 14.6 Å². The number of carboxylic acid groups (broad SMARTS) is 1. The van der Waals surface area contributed by atoms with Gasteiger partial charge in [0.25, 0.3) is 0 Å². The van der Waals surface area contributed by atoms with Crippen LogP contribution in [0.4, 0.5) is 0 Å². The fourth-order valence-corrected chi connectivity index (χ4v) is 3.03. The quantitative estimate of drug-likeness (QED) is 0.865. The summed E-state index contributed by atoms with van der Waals surface area (Å²) in [5, 5.41) is 9.03. The summed E-state index contributed by atoms with van der Waals surface area (Å²) in [6, 6.07) is 7.92. The van der Waals surface area contributed by atoms with Crippen LogP contribution in [0, 0.1) is 13.8 Å². The van der Waals surface area contributed by atoms with Gasteiger partial charge in [0.1, 0.15) is 17.2 Å². The van der Waals surface area contributed by atoms with Gasteiger partial charge in [-0.2, -0.15) is 0 Å². The van der Waals surface area contributed by atoms with Gasteiger partial charge in [-0.25, -0.2) is 4.79 Å². The van der Waals surface area contributed by atoms with Crippen molar-refractivity contribution in [1.82, 2.24) is 0 Å². The molecule has 4 heteroatoms. The van der Waals surface area contributed by atoms with Gasteiger partial charge in [0.15, 0.2) is 0 Å². The van der Waals surface area contributed by atoms with Gasteiger partial charge in [-0.3, -0.25) is 0 Å². The van der Waals surface area contributed by atoms with E-state index in [1.807, 2.05) is 19.9 Å². The van der Waals surface area contributed by atoms with Crippen molar-refractivity contribution in [3.63, 3.8) is 0 Å². The molecular weight excluding hydrogens is 284 g/mol. The van der Waals surface area contributed by atoms with Gasteiger partial charge in [0, 0.05) is 10.4 Å². The summed E-state index contributed by atoms with van der Waals surface area (Å²) in [5.74, 6) is 0.388. The summed E-state index contributed by atoms with van der Waals surface area (Å²) >= 11 is 1.29. The molecule has 2 rings (SSSR count). The van der Waals surface area contributed by atoms with Crippen molar-refractivity contribution in [2.24, 2.45) is 0 Å². The van der Waals surface area contributed by atoms with Gasteiger partial charge in [-0.1, -0.05) is 26.0 Å². The number of aromatic carboxylic acids is 1. The van der Waals surface area contributed by atoms with Crippen LogP contribution in [-0.2, 0) is 6.61 Å². The van der Waals surface area contributed by atoms with Gasteiger partial charge in [-0.15, -0.1) is 11.3 Å². The number of ether oxygens (including phenoxy) is 1. The minimum absolute atomic E-state index is 0.361. The average Bonchev–Trinajstić information content (AvgIpc) is 2.77. The number of aryl methyl sites for hydroxylation is 2. The van der Waals surface area contributed by atoms with Crippen molar-refractivity contribution >= 4 is 17.3 Å². The maximum absolute atomic E-state index is 11.0. The molecule has 0 saturated carbocycles. The summed E-state index contributed by atoms with van der Waals surface area (Å²) < 4.78 is 5.95. The Labute approximate surface area is 129 Å². The third-order valence-corrected chi connectivity index (χ3v) is 4.49. The fraction of sp³-hybridized carbons (Fsp3) is 0.353. The van der Waals surface area contributed by atoms with Crippen LogP contribution in [0.1, 0.15) is 51.0 Å². The Hall–Kier alpha value is -1.81. The molecule has 1 heterocycles. The Kier molecular flexibility index (Phi) is 4.68. The normalized spacial score (nSPS) is 10.9. The summed E-state index contributed by atoms with van der Waals surface area (Å²) in [6.07, 6.45) is 0. The Balaban J connectivity index is 2.20. The first-order chi connectivity index (χ1) is 9.88. The second-order valence-electron chi connectivity index (χ2n) is 5.48. The zero-order chi connectivity index (χ0) is 15.6. The summed E-state index contributed by atoms with van der Waals surface area (Å²) in [4.78, 5) is 12.4. The van der Waals surface area contributed by atoms with E-state index in [9.17, 15) is 4.79 Å². The lowest BCUT2D eigenvalue weighted by molar-refractivity contribution is 0.0702. The van der Waals surface area contributed by atoms with Crippen molar-refractivity contribution in [2.45, 2.75) is 40.2 Å². The predicted molar refractivity (Wildman–Crippen MR) is 85.6 cm³/mol. The van der Waals surface area contributed by atoms with Crippen LogP contribution in [0.5, 0.6) is 5.75 Å². The largest absolute Gasteiger partial charge is 0.489 e. The fourth-order valence-electron chi connectivity index (χ4n) is 2.17. The van der Waals surface area contributed by atoms with E-state index in [4.69, 9.17) is 9.84 Å². The third kappa shape index (κ3) is 3.64. The molecule has 0 atom stereocenters. The molecule has 0 aliphatic heterocycles. The number of hydrogen-bond donors (Lipinski definition) is 1. The molecule has 0 amide bonds. The molecule has 112 valence electrons. The number of benzene rings is 1. The second-order valence-corrected chi connectivity index (χ2v) is 6.74. The summed E-state index contributed by atoms with van der Waals surface area (Å²) in [7, 11) is 0. The molecule has 1 aromatic carbocycles. The Morgan fingerprint density at radius 1 is 1.29 bits per heavy atom. The van der Waals surface area contributed by atoms with E-state index in [1.54, 1.807) is 6.07 Å². The second kappa shape index (κ2) is 6.31. The Morgan fingerprint density at radius 3 is 2.57 bits per heavy atom. The standard InChI is InChI=1S/C17H20O3S/c1-10(2)14-6-5-11(3)7-15(14)20-9-13-8-16(17(18)19)21-12(13)4/h5-8,10H,9H2,1-4H3,(H,18,19). The Bertz CT molecular complexity index is 656. The zero-order valence-electron chi connectivity index (χ0n) is 12.8. The first kappa shape index (κ1) is 15.6. The van der Waals surface area contributed by atoms with Gasteiger partial charge < -0.3 is 9.84 Å². The maximum Gasteiger partial charge on any atom is 0.345 e. The molecule has 0 bridgehead atoms. The van der Waals surface area contributed by atoms with Gasteiger partial charge in [0.2, 0.25) is 0 Å². The average molecular weight is 304 g/mol. The number of rotatable bonds is 5. The lowest BCUT2D eigenvalue weighted by atomic mass is 10.0. The maximum atomic E-state index is 11.0. The molecular formula is C17H20O3S. The highest BCUT2D eigenvalue weighted by molar-refractivity contribution is 7.14. The highest BCUT2D eigenvalue weighted by atomic mass is 32.1. The molecule has 1 aromatic heterocycles. The van der Waals surface area contributed by atoms with Crippen LogP contribution in [0.3, 0.4) is 0 Å². The highest BCUT2D eigenvalue weighted by Crippen LogP contribution is 2.29. The molecule has 0 spiro atoms. The molecule has 2 aromatic rings. The van der Waals surface area contributed by atoms with E-state index in [-0.39, 0.29) is 0 Å². The molecule has 21 heavy (non-hydrogen) atoms. The molecule has 0 unspecified atom stereocenters. The minimum Gasteiger partial charge on any atom is -0.489 e. The molecule has 0 fully saturated rings. The van der Waals surface area contributed by atoms with Gasteiger partial charge >= 0.3 is 5.97 Å². The Morgan fingerprint density at radius 2 is 2.00 bits per heavy atom. The van der Waals surface area contributed by atoms with Gasteiger partial charge in [0.05, 0.1) is 0 Å². The van der Waals surface area contributed by atoms with Crippen molar-refractivity contribution in [3.8, 4) is 5.75 Å². The third-order valence-electron chi connectivity index (χ3n) is 3.41. The van der Waals surface area contributed by atoms with Crippen LogP contribution in [0.25, 0.3) is 0 Å². The van der Waals surface area contributed by atoms with Gasteiger partial charge in [-0.05, 0) is 43.0 Å². The lowest BCUT2D eigenvalue weighted by Crippen LogP contribution is -2.00. The number of hydrogen-bond acceptors (Lipinski definition) is 3. The minimum atomic E-state index is -0.882.